The zero-order chi connectivity index (χ0) is 20.4. The van der Waals surface area contributed by atoms with Gasteiger partial charge in [-0.15, -0.1) is 0 Å². The molecule has 152 valence electrons. The second-order valence-corrected chi connectivity index (χ2v) is 9.10. The molecule has 4 fully saturated rings. The standard InChI is InChI=1S/C22H22O7/c1-12-7-22(29-19(12)25,3-2-14-6-17(23)28-20(14)26)9-15-4-13-5-16(15)21(8-13)10-18(24)27-11-21/h2,4,13,16H,1,3,5-11H2/b14-2+. The quantitative estimate of drug-likeness (QED) is 0.236. The largest absolute Gasteiger partial charge is 0.465 e. The van der Waals surface area contributed by atoms with Crippen LogP contribution in [0.5, 0.6) is 0 Å². The first-order valence-corrected chi connectivity index (χ1v) is 9.99. The van der Waals surface area contributed by atoms with Gasteiger partial charge in [-0.05, 0) is 24.7 Å². The highest BCUT2D eigenvalue weighted by Gasteiger charge is 2.57. The van der Waals surface area contributed by atoms with Crippen LogP contribution in [-0.2, 0) is 33.4 Å². The normalized spacial score (nSPS) is 39.5. The maximum absolute atomic E-state index is 12.2. The Morgan fingerprint density at radius 2 is 1.97 bits per heavy atom. The number of carbonyl (C=O) groups is 4. The van der Waals surface area contributed by atoms with Gasteiger partial charge in [-0.2, -0.15) is 0 Å². The van der Waals surface area contributed by atoms with Crippen molar-refractivity contribution in [1.29, 1.82) is 0 Å². The third kappa shape index (κ3) is 2.94. The summed E-state index contributed by atoms with van der Waals surface area (Å²) in [5.74, 6) is -1.09. The molecule has 0 aromatic heterocycles. The maximum atomic E-state index is 12.2. The van der Waals surface area contributed by atoms with Crippen molar-refractivity contribution in [2.45, 2.75) is 50.5 Å². The van der Waals surface area contributed by atoms with Crippen LogP contribution < -0.4 is 0 Å². The van der Waals surface area contributed by atoms with Crippen LogP contribution in [0.3, 0.4) is 0 Å². The van der Waals surface area contributed by atoms with Gasteiger partial charge >= 0.3 is 23.9 Å². The fourth-order valence-corrected chi connectivity index (χ4v) is 5.86. The van der Waals surface area contributed by atoms with E-state index >= 15 is 0 Å². The van der Waals surface area contributed by atoms with Gasteiger partial charge in [0.25, 0.3) is 0 Å². The van der Waals surface area contributed by atoms with E-state index in [-0.39, 0.29) is 23.7 Å². The number of carbonyl (C=O) groups excluding carboxylic acids is 4. The highest BCUT2D eigenvalue weighted by atomic mass is 16.6. The lowest BCUT2D eigenvalue weighted by atomic mass is 9.69. The third-order valence-corrected chi connectivity index (χ3v) is 7.04. The minimum Gasteiger partial charge on any atom is -0.465 e. The Balaban J connectivity index is 1.40. The van der Waals surface area contributed by atoms with Crippen molar-refractivity contribution in [1.82, 2.24) is 0 Å². The molecule has 4 atom stereocenters. The third-order valence-electron chi connectivity index (χ3n) is 7.04. The van der Waals surface area contributed by atoms with Gasteiger partial charge in [0.15, 0.2) is 0 Å². The number of hydrogen-bond acceptors (Lipinski definition) is 7. The smallest absolute Gasteiger partial charge is 0.341 e. The molecule has 7 heteroatoms. The van der Waals surface area contributed by atoms with Crippen LogP contribution in [-0.4, -0.2) is 36.1 Å². The van der Waals surface area contributed by atoms with Gasteiger partial charge in [0.05, 0.1) is 19.4 Å². The number of hydrogen-bond donors (Lipinski definition) is 0. The Labute approximate surface area is 167 Å². The molecule has 0 N–H and O–H groups in total. The maximum Gasteiger partial charge on any atom is 0.341 e. The lowest BCUT2D eigenvalue weighted by Crippen LogP contribution is -2.34. The van der Waals surface area contributed by atoms with Crippen molar-refractivity contribution in [3.05, 3.63) is 35.5 Å². The molecule has 29 heavy (non-hydrogen) atoms. The van der Waals surface area contributed by atoms with E-state index in [1.807, 2.05) is 0 Å². The SMILES string of the molecule is C=C1CC(C/C=C2\CC(=O)OC2=O)(CC2=CC3CC2C2(COC(=O)C2)C3)OC1=O. The second-order valence-electron chi connectivity index (χ2n) is 9.10. The summed E-state index contributed by atoms with van der Waals surface area (Å²) in [7, 11) is 0. The summed E-state index contributed by atoms with van der Waals surface area (Å²) >= 11 is 0. The van der Waals surface area contributed by atoms with Gasteiger partial charge in [-0.25, -0.2) is 9.59 Å². The van der Waals surface area contributed by atoms with E-state index in [1.54, 1.807) is 6.08 Å². The lowest BCUT2D eigenvalue weighted by Gasteiger charge is -2.35. The number of ether oxygens (including phenoxy) is 3. The molecule has 3 aliphatic heterocycles. The van der Waals surface area contributed by atoms with Gasteiger partial charge in [0.1, 0.15) is 5.60 Å². The van der Waals surface area contributed by atoms with Crippen LogP contribution in [0.15, 0.2) is 35.5 Å². The van der Waals surface area contributed by atoms with Crippen molar-refractivity contribution in [2.24, 2.45) is 17.3 Å². The molecular weight excluding hydrogens is 376 g/mol. The summed E-state index contributed by atoms with van der Waals surface area (Å²) in [6.07, 6.45) is 7.48. The number of fused-ring (bicyclic) bond motifs is 3. The Morgan fingerprint density at radius 3 is 2.55 bits per heavy atom. The molecule has 0 aromatic carbocycles. The topological polar surface area (TPSA) is 96.0 Å². The minimum absolute atomic E-state index is 0.0558. The van der Waals surface area contributed by atoms with Crippen LogP contribution in [0.1, 0.15) is 44.9 Å². The van der Waals surface area contributed by atoms with E-state index < -0.39 is 23.5 Å². The van der Waals surface area contributed by atoms with E-state index in [1.165, 1.54) is 5.57 Å². The molecule has 0 radical (unpaired) electrons. The summed E-state index contributed by atoms with van der Waals surface area (Å²) in [5.41, 5.74) is 0.953. The first kappa shape index (κ1) is 18.3. The molecule has 4 unspecified atom stereocenters. The molecule has 3 saturated heterocycles. The first-order valence-electron chi connectivity index (χ1n) is 9.99. The average Bonchev–Trinajstić information content (AvgIpc) is 3.41. The summed E-state index contributed by atoms with van der Waals surface area (Å²) in [6, 6.07) is 0. The van der Waals surface area contributed by atoms with E-state index in [9.17, 15) is 19.2 Å². The van der Waals surface area contributed by atoms with E-state index in [0.717, 1.165) is 12.8 Å². The first-order chi connectivity index (χ1) is 13.8. The van der Waals surface area contributed by atoms with Crippen LogP contribution in [0.25, 0.3) is 0 Å². The summed E-state index contributed by atoms with van der Waals surface area (Å²) < 4.78 is 15.6. The Bertz CT molecular complexity index is 907. The summed E-state index contributed by atoms with van der Waals surface area (Å²) in [4.78, 5) is 47.1. The van der Waals surface area contributed by atoms with Crippen LogP contribution in [0.4, 0.5) is 0 Å². The fourth-order valence-electron chi connectivity index (χ4n) is 5.86. The van der Waals surface area contributed by atoms with E-state index in [2.05, 4.69) is 17.4 Å². The van der Waals surface area contributed by atoms with E-state index in [0.29, 0.717) is 49.4 Å². The molecule has 2 aliphatic carbocycles. The van der Waals surface area contributed by atoms with Gasteiger partial charge in [0.2, 0.25) is 0 Å². The molecule has 3 heterocycles. The molecule has 5 aliphatic rings. The van der Waals surface area contributed by atoms with Crippen molar-refractivity contribution in [2.75, 3.05) is 6.61 Å². The molecular formula is C22H22O7. The summed E-state index contributed by atoms with van der Waals surface area (Å²) in [5, 5.41) is 0. The molecule has 7 nitrogen and oxygen atoms in total. The molecule has 2 bridgehead atoms. The molecule has 0 amide bonds. The summed E-state index contributed by atoms with van der Waals surface area (Å²) in [6.45, 7) is 4.28. The molecule has 1 spiro atoms. The number of cyclic esters (lactones) is 4. The molecule has 0 aromatic rings. The average molecular weight is 398 g/mol. The predicted octanol–water partition coefficient (Wildman–Crippen LogP) is 2.31. The fraction of sp³-hybridized carbons (Fsp3) is 0.545. The number of allylic oxidation sites excluding steroid dienone is 1. The van der Waals surface area contributed by atoms with E-state index in [4.69, 9.17) is 9.47 Å². The van der Waals surface area contributed by atoms with Gasteiger partial charge in [-0.3, -0.25) is 9.59 Å². The zero-order valence-corrected chi connectivity index (χ0v) is 16.0. The van der Waals surface area contributed by atoms with Crippen molar-refractivity contribution >= 4 is 23.9 Å². The number of esters is 4. The highest BCUT2D eigenvalue weighted by Crippen LogP contribution is 2.61. The van der Waals surface area contributed by atoms with Crippen molar-refractivity contribution in [3.8, 4) is 0 Å². The van der Waals surface area contributed by atoms with Gasteiger partial charge in [-0.1, -0.05) is 24.3 Å². The van der Waals surface area contributed by atoms with Crippen LogP contribution in [0.2, 0.25) is 0 Å². The predicted molar refractivity (Wildman–Crippen MR) is 97.9 cm³/mol. The van der Waals surface area contributed by atoms with Crippen LogP contribution in [0, 0.1) is 17.3 Å². The van der Waals surface area contributed by atoms with Crippen LogP contribution >= 0.6 is 0 Å². The second kappa shape index (κ2) is 6.15. The van der Waals surface area contributed by atoms with Gasteiger partial charge in [0, 0.05) is 35.8 Å². The van der Waals surface area contributed by atoms with Crippen molar-refractivity contribution < 1.29 is 33.4 Å². The van der Waals surface area contributed by atoms with Gasteiger partial charge < -0.3 is 14.2 Å². The highest BCUT2D eigenvalue weighted by molar-refractivity contribution is 6.05. The monoisotopic (exact) mass is 398 g/mol. The number of rotatable bonds is 4. The Kier molecular flexibility index (Phi) is 3.89. The Morgan fingerprint density at radius 1 is 1.14 bits per heavy atom. The minimum atomic E-state index is -0.825. The van der Waals surface area contributed by atoms with Crippen molar-refractivity contribution in [3.63, 3.8) is 0 Å². The molecule has 5 rings (SSSR count). The molecule has 1 saturated carbocycles. The lowest BCUT2D eigenvalue weighted by molar-refractivity contribution is -0.151. The zero-order valence-electron chi connectivity index (χ0n) is 16.0. The Hall–Kier alpha value is -2.70.